The van der Waals surface area contributed by atoms with Crippen molar-refractivity contribution in [2.75, 3.05) is 26.9 Å². The molecule has 1 heterocycles. The minimum Gasteiger partial charge on any atom is -0.385 e. The zero-order valence-electron chi connectivity index (χ0n) is 10.8. The summed E-state index contributed by atoms with van der Waals surface area (Å²) in [6.45, 7) is 2.06. The first-order valence-corrected chi connectivity index (χ1v) is 6.58. The van der Waals surface area contributed by atoms with Crippen LogP contribution in [0.2, 0.25) is 5.02 Å². The minimum absolute atomic E-state index is 0.543. The standard InChI is InChI=1S/C13H18ClN3O2/c1-19-8-4-7-17-9-15-16-13(17)12(18)10-5-2-3-6-11(10)14/h2-3,5-6,12,15,18H,4,7-9H2,1H3. The first-order chi connectivity index (χ1) is 9.24. The fourth-order valence-electron chi connectivity index (χ4n) is 2.02. The molecule has 0 bridgehead atoms. The van der Waals surface area contributed by atoms with E-state index in [1.165, 1.54) is 0 Å². The van der Waals surface area contributed by atoms with Crippen LogP contribution in [0.5, 0.6) is 0 Å². The van der Waals surface area contributed by atoms with E-state index in [0.29, 0.717) is 29.7 Å². The molecule has 1 atom stereocenters. The lowest BCUT2D eigenvalue weighted by molar-refractivity contribution is 0.181. The number of rotatable bonds is 6. The summed E-state index contributed by atoms with van der Waals surface area (Å²) in [6, 6.07) is 7.26. The van der Waals surface area contributed by atoms with E-state index in [1.807, 2.05) is 17.0 Å². The van der Waals surface area contributed by atoms with Gasteiger partial charge in [-0.25, -0.2) is 0 Å². The molecule has 5 nitrogen and oxygen atoms in total. The van der Waals surface area contributed by atoms with Gasteiger partial charge in [0, 0.05) is 30.8 Å². The zero-order chi connectivity index (χ0) is 13.7. The molecule has 2 N–H and O–H groups in total. The summed E-state index contributed by atoms with van der Waals surface area (Å²) in [6.07, 6.45) is 0.0677. The highest BCUT2D eigenvalue weighted by molar-refractivity contribution is 6.31. The van der Waals surface area contributed by atoms with Crippen molar-refractivity contribution in [2.24, 2.45) is 5.10 Å². The monoisotopic (exact) mass is 283 g/mol. The summed E-state index contributed by atoms with van der Waals surface area (Å²) in [5.74, 6) is 0.601. The van der Waals surface area contributed by atoms with E-state index >= 15 is 0 Å². The predicted octanol–water partition coefficient (Wildman–Crippen LogP) is 1.59. The fourth-order valence-corrected chi connectivity index (χ4v) is 2.26. The Labute approximate surface area is 117 Å². The van der Waals surface area contributed by atoms with Gasteiger partial charge in [0.05, 0.1) is 0 Å². The number of methoxy groups -OCH3 is 1. The number of benzene rings is 1. The molecular formula is C13H18ClN3O2. The van der Waals surface area contributed by atoms with Crippen molar-refractivity contribution >= 4 is 17.4 Å². The smallest absolute Gasteiger partial charge is 0.159 e. The highest BCUT2D eigenvalue weighted by Gasteiger charge is 2.26. The number of aliphatic hydroxyl groups excluding tert-OH is 1. The number of halogens is 1. The Bertz CT molecular complexity index is 453. The minimum atomic E-state index is -0.814. The number of hydrogen-bond donors (Lipinski definition) is 2. The highest BCUT2D eigenvalue weighted by atomic mass is 35.5. The fraction of sp³-hybridized carbons (Fsp3) is 0.462. The third kappa shape index (κ3) is 3.37. The molecule has 0 saturated heterocycles. The Morgan fingerprint density at radius 2 is 2.32 bits per heavy atom. The molecule has 19 heavy (non-hydrogen) atoms. The molecular weight excluding hydrogens is 266 g/mol. The molecule has 0 aliphatic carbocycles. The zero-order valence-corrected chi connectivity index (χ0v) is 11.6. The van der Waals surface area contributed by atoms with Crippen LogP contribution in [-0.4, -0.2) is 42.8 Å². The molecule has 6 heteroatoms. The number of hydrazone groups is 1. The first-order valence-electron chi connectivity index (χ1n) is 6.21. The Morgan fingerprint density at radius 1 is 1.53 bits per heavy atom. The van der Waals surface area contributed by atoms with Crippen LogP contribution < -0.4 is 5.43 Å². The Morgan fingerprint density at radius 3 is 3.05 bits per heavy atom. The third-order valence-corrected chi connectivity index (χ3v) is 3.34. The van der Waals surface area contributed by atoms with Crippen LogP contribution in [0.25, 0.3) is 0 Å². The molecule has 0 amide bonds. The van der Waals surface area contributed by atoms with Gasteiger partial charge in [0.2, 0.25) is 0 Å². The van der Waals surface area contributed by atoms with Crippen molar-refractivity contribution in [1.82, 2.24) is 10.3 Å². The normalized spacial score (nSPS) is 16.2. The Kier molecular flexibility index (Phi) is 5.01. The molecule has 1 aliphatic rings. The van der Waals surface area contributed by atoms with Crippen molar-refractivity contribution in [3.8, 4) is 0 Å². The molecule has 0 saturated carbocycles. The van der Waals surface area contributed by atoms with Crippen LogP contribution in [-0.2, 0) is 4.74 Å². The summed E-state index contributed by atoms with van der Waals surface area (Å²) in [4.78, 5) is 1.99. The van der Waals surface area contributed by atoms with Gasteiger partial charge in [-0.2, -0.15) is 5.10 Å². The topological polar surface area (TPSA) is 57.1 Å². The van der Waals surface area contributed by atoms with Gasteiger partial charge >= 0.3 is 0 Å². The lowest BCUT2D eigenvalue weighted by Crippen LogP contribution is -2.34. The summed E-state index contributed by atoms with van der Waals surface area (Å²) in [7, 11) is 1.68. The van der Waals surface area contributed by atoms with E-state index in [1.54, 1.807) is 19.2 Å². The molecule has 0 spiro atoms. The van der Waals surface area contributed by atoms with E-state index in [9.17, 15) is 5.11 Å². The lowest BCUT2D eigenvalue weighted by Gasteiger charge is -2.22. The second-order valence-electron chi connectivity index (χ2n) is 4.32. The van der Waals surface area contributed by atoms with Crippen LogP contribution in [0.3, 0.4) is 0 Å². The molecule has 0 radical (unpaired) electrons. The molecule has 1 aromatic carbocycles. The molecule has 0 fully saturated rings. The van der Waals surface area contributed by atoms with Crippen molar-refractivity contribution in [1.29, 1.82) is 0 Å². The van der Waals surface area contributed by atoms with Crippen LogP contribution >= 0.6 is 11.6 Å². The number of nitrogens with one attached hydrogen (secondary N) is 1. The van der Waals surface area contributed by atoms with Crippen LogP contribution in [0.1, 0.15) is 18.1 Å². The van der Waals surface area contributed by atoms with Crippen molar-refractivity contribution < 1.29 is 9.84 Å². The average molecular weight is 284 g/mol. The van der Waals surface area contributed by atoms with Crippen LogP contribution in [0.4, 0.5) is 0 Å². The number of nitrogens with zero attached hydrogens (tertiary/aromatic N) is 2. The van der Waals surface area contributed by atoms with Gasteiger partial charge < -0.3 is 14.7 Å². The van der Waals surface area contributed by atoms with E-state index in [4.69, 9.17) is 16.3 Å². The average Bonchev–Trinajstić information content (AvgIpc) is 2.87. The Balaban J connectivity index is 2.05. The number of amidine groups is 1. The maximum atomic E-state index is 10.4. The number of ether oxygens (including phenoxy) is 1. The van der Waals surface area contributed by atoms with Gasteiger partial charge in [-0.3, -0.25) is 5.43 Å². The maximum Gasteiger partial charge on any atom is 0.159 e. The van der Waals surface area contributed by atoms with E-state index < -0.39 is 6.10 Å². The van der Waals surface area contributed by atoms with Gasteiger partial charge in [-0.05, 0) is 12.5 Å². The van der Waals surface area contributed by atoms with Gasteiger partial charge in [0.1, 0.15) is 12.8 Å². The second-order valence-corrected chi connectivity index (χ2v) is 4.73. The summed E-state index contributed by atoms with van der Waals surface area (Å²) in [5.41, 5.74) is 3.56. The predicted molar refractivity (Wildman–Crippen MR) is 75.0 cm³/mol. The molecule has 104 valence electrons. The number of hydrogen-bond acceptors (Lipinski definition) is 5. The van der Waals surface area contributed by atoms with Gasteiger partial charge in [-0.15, -0.1) is 0 Å². The quantitative estimate of drug-likeness (QED) is 0.779. The lowest BCUT2D eigenvalue weighted by atomic mass is 10.1. The molecule has 1 unspecified atom stereocenters. The van der Waals surface area contributed by atoms with Gasteiger partial charge in [0.25, 0.3) is 0 Å². The van der Waals surface area contributed by atoms with Gasteiger partial charge in [0.15, 0.2) is 5.84 Å². The van der Waals surface area contributed by atoms with Crippen LogP contribution in [0.15, 0.2) is 29.4 Å². The molecule has 2 rings (SSSR count). The van der Waals surface area contributed by atoms with Crippen molar-refractivity contribution in [3.63, 3.8) is 0 Å². The van der Waals surface area contributed by atoms with Gasteiger partial charge in [-0.1, -0.05) is 29.8 Å². The summed E-state index contributed by atoms with van der Waals surface area (Å²) in [5, 5.41) is 15.1. The van der Waals surface area contributed by atoms with Crippen LogP contribution in [0, 0.1) is 0 Å². The Hall–Kier alpha value is -1.30. The third-order valence-electron chi connectivity index (χ3n) is 3.00. The summed E-state index contributed by atoms with van der Waals surface area (Å²) < 4.78 is 5.03. The van der Waals surface area contributed by atoms with Crippen molar-refractivity contribution in [3.05, 3.63) is 34.9 Å². The van der Waals surface area contributed by atoms with E-state index in [-0.39, 0.29) is 0 Å². The second kappa shape index (κ2) is 6.75. The SMILES string of the molecule is COCCCN1CNN=C1C(O)c1ccccc1Cl. The summed E-state index contributed by atoms with van der Waals surface area (Å²) >= 11 is 6.10. The maximum absolute atomic E-state index is 10.4. The number of aliphatic hydroxyl groups is 1. The molecule has 1 aliphatic heterocycles. The molecule has 1 aromatic rings. The van der Waals surface area contributed by atoms with E-state index in [0.717, 1.165) is 13.0 Å². The highest BCUT2D eigenvalue weighted by Crippen LogP contribution is 2.25. The largest absolute Gasteiger partial charge is 0.385 e. The first kappa shape index (κ1) is 14.1. The van der Waals surface area contributed by atoms with Crippen molar-refractivity contribution in [2.45, 2.75) is 12.5 Å². The molecule has 0 aromatic heterocycles. The van der Waals surface area contributed by atoms with E-state index in [2.05, 4.69) is 10.5 Å².